The Morgan fingerprint density at radius 2 is 2.38 bits per heavy atom. The smallest absolute Gasteiger partial charge is 0.302 e. The molecule has 2 aliphatic heterocycles. The molecule has 0 bridgehead atoms. The summed E-state index contributed by atoms with van der Waals surface area (Å²) in [6, 6.07) is 1.43. The highest BCUT2D eigenvalue weighted by Gasteiger charge is 2.50. The molecule has 7 nitrogen and oxygen atoms in total. The molecule has 0 spiro atoms. The Balaban J connectivity index is 1.99. The van der Waals surface area contributed by atoms with Crippen LogP contribution in [0.25, 0.3) is 0 Å². The zero-order valence-electron chi connectivity index (χ0n) is 8.18. The van der Waals surface area contributed by atoms with E-state index in [-0.39, 0.29) is 12.6 Å². The van der Waals surface area contributed by atoms with E-state index in [1.54, 1.807) is 0 Å². The molecule has 0 radical (unpaired) electrons. The highest BCUT2D eigenvalue weighted by molar-refractivity contribution is 5.10. The predicted octanol–water partition coefficient (Wildman–Crippen LogP) is -1.75. The van der Waals surface area contributed by atoms with Crippen molar-refractivity contribution in [2.45, 2.75) is 24.5 Å². The van der Waals surface area contributed by atoms with Gasteiger partial charge in [0.15, 0.2) is 12.3 Å². The second kappa shape index (κ2) is 3.27. The van der Waals surface area contributed by atoms with Crippen molar-refractivity contribution in [3.63, 3.8) is 0 Å². The number of hydrogen-bond acceptors (Lipinski definition) is 6. The van der Waals surface area contributed by atoms with Gasteiger partial charge in [0.05, 0.1) is 6.61 Å². The highest BCUT2D eigenvalue weighted by Crippen LogP contribution is 2.38. The van der Waals surface area contributed by atoms with Crippen LogP contribution < -0.4 is 10.3 Å². The van der Waals surface area contributed by atoms with Crippen LogP contribution in [0.1, 0.15) is 6.23 Å². The molecular weight excluding hydrogens is 216 g/mol. The van der Waals surface area contributed by atoms with E-state index in [0.29, 0.717) is 0 Å². The minimum atomic E-state index is -0.924. The molecule has 0 aromatic carbocycles. The fraction of sp³-hybridized carbons (Fsp3) is 0.556. The van der Waals surface area contributed by atoms with Crippen molar-refractivity contribution >= 4 is 0 Å². The first-order valence-corrected chi connectivity index (χ1v) is 4.91. The molecule has 0 aliphatic carbocycles. The van der Waals surface area contributed by atoms with Crippen molar-refractivity contribution in [3.8, 4) is 6.01 Å². The average molecular weight is 226 g/mol. The zero-order chi connectivity index (χ0) is 11.3. The van der Waals surface area contributed by atoms with Crippen LogP contribution in [-0.2, 0) is 4.74 Å². The van der Waals surface area contributed by atoms with Crippen LogP contribution >= 0.6 is 0 Å². The van der Waals surface area contributed by atoms with Gasteiger partial charge in [-0.05, 0) is 0 Å². The maximum absolute atomic E-state index is 11.0. The van der Waals surface area contributed by atoms with E-state index >= 15 is 0 Å². The van der Waals surface area contributed by atoms with E-state index in [1.807, 2.05) is 0 Å². The molecule has 16 heavy (non-hydrogen) atoms. The summed E-state index contributed by atoms with van der Waals surface area (Å²) in [6.45, 7) is -0.277. The van der Waals surface area contributed by atoms with Crippen molar-refractivity contribution in [1.82, 2.24) is 9.55 Å². The van der Waals surface area contributed by atoms with Gasteiger partial charge >= 0.3 is 6.01 Å². The van der Waals surface area contributed by atoms with Crippen molar-refractivity contribution < 1.29 is 19.7 Å². The van der Waals surface area contributed by atoms with Crippen molar-refractivity contribution in [1.29, 1.82) is 0 Å². The third-order valence-electron chi connectivity index (χ3n) is 2.81. The lowest BCUT2D eigenvalue weighted by Gasteiger charge is -2.13. The SMILES string of the molecule is O=c1ccn2c(n1)O[C@H]1[C@H](O)[C@H](CO)O[C@@H]12. The third kappa shape index (κ3) is 1.19. The molecule has 2 aliphatic rings. The van der Waals surface area contributed by atoms with Crippen molar-refractivity contribution in [2.24, 2.45) is 0 Å². The van der Waals surface area contributed by atoms with E-state index in [0.717, 1.165) is 0 Å². The maximum Gasteiger partial charge on any atom is 0.302 e. The summed E-state index contributed by atoms with van der Waals surface area (Å²) in [4.78, 5) is 14.7. The van der Waals surface area contributed by atoms with E-state index in [4.69, 9.17) is 14.6 Å². The minimum Gasteiger partial charge on any atom is -0.453 e. The average Bonchev–Trinajstić information content (AvgIpc) is 2.75. The van der Waals surface area contributed by atoms with Gasteiger partial charge in [0.25, 0.3) is 5.56 Å². The van der Waals surface area contributed by atoms with Crippen LogP contribution in [0.4, 0.5) is 0 Å². The summed E-state index contributed by atoms with van der Waals surface area (Å²) < 4.78 is 12.3. The highest BCUT2D eigenvalue weighted by atomic mass is 16.6. The molecule has 0 amide bonds. The van der Waals surface area contributed by atoms with Crippen LogP contribution in [0.2, 0.25) is 0 Å². The molecule has 1 fully saturated rings. The largest absolute Gasteiger partial charge is 0.453 e. The lowest BCUT2D eigenvalue weighted by molar-refractivity contribution is -0.0434. The Kier molecular flexibility index (Phi) is 2.00. The lowest BCUT2D eigenvalue weighted by atomic mass is 10.1. The Labute approximate surface area is 89.9 Å². The third-order valence-corrected chi connectivity index (χ3v) is 2.81. The van der Waals surface area contributed by atoms with Crippen LogP contribution in [0, 0.1) is 0 Å². The Bertz CT molecular complexity index is 473. The minimum absolute atomic E-state index is 0.137. The normalized spacial score (nSPS) is 35.6. The summed E-state index contributed by atoms with van der Waals surface area (Å²) >= 11 is 0. The quantitative estimate of drug-likeness (QED) is 0.590. The first-order valence-electron chi connectivity index (χ1n) is 4.91. The van der Waals surface area contributed by atoms with Crippen LogP contribution in [0.15, 0.2) is 17.1 Å². The number of ether oxygens (including phenoxy) is 2. The van der Waals surface area contributed by atoms with Gasteiger partial charge in [-0.3, -0.25) is 9.36 Å². The van der Waals surface area contributed by atoms with Gasteiger partial charge in [0.1, 0.15) is 12.2 Å². The standard InChI is InChI=1S/C9H10N2O5/c12-3-4-6(14)7-8(15-4)11-2-1-5(13)10-9(11)16-7/h1-2,4,6-8,12,14H,3H2/t4-,6+,7-,8-/m0/s1. The monoisotopic (exact) mass is 226 g/mol. The van der Waals surface area contributed by atoms with E-state index in [9.17, 15) is 9.90 Å². The summed E-state index contributed by atoms with van der Waals surface area (Å²) in [6.07, 6.45) is -1.24. The van der Waals surface area contributed by atoms with Crippen molar-refractivity contribution in [3.05, 3.63) is 22.6 Å². The van der Waals surface area contributed by atoms with Crippen LogP contribution in [-0.4, -0.2) is 44.7 Å². The fourth-order valence-corrected chi connectivity index (χ4v) is 2.02. The van der Waals surface area contributed by atoms with Crippen LogP contribution in [0.5, 0.6) is 6.01 Å². The summed E-state index contributed by atoms with van der Waals surface area (Å²) in [5.41, 5.74) is -0.403. The molecule has 7 heteroatoms. The summed E-state index contributed by atoms with van der Waals surface area (Å²) in [5, 5.41) is 18.7. The molecule has 1 saturated heterocycles. The molecule has 86 valence electrons. The number of hydrogen-bond donors (Lipinski definition) is 2. The molecule has 3 heterocycles. The van der Waals surface area contributed by atoms with Crippen LogP contribution in [0.3, 0.4) is 0 Å². The lowest BCUT2D eigenvalue weighted by Crippen LogP contribution is -2.34. The molecule has 3 rings (SSSR count). The maximum atomic E-state index is 11.0. The predicted molar refractivity (Wildman–Crippen MR) is 49.9 cm³/mol. The van der Waals surface area contributed by atoms with Crippen molar-refractivity contribution in [2.75, 3.05) is 6.61 Å². The second-order valence-electron chi connectivity index (χ2n) is 3.78. The topological polar surface area (TPSA) is 93.8 Å². The number of nitrogens with zero attached hydrogens (tertiary/aromatic N) is 2. The summed E-state index contributed by atoms with van der Waals surface area (Å²) in [7, 11) is 0. The number of fused-ring (bicyclic) bond motifs is 3. The number of aliphatic hydroxyl groups excluding tert-OH is 2. The molecule has 4 atom stereocenters. The molecule has 1 aromatic heterocycles. The van der Waals surface area contributed by atoms with Gasteiger partial charge < -0.3 is 19.7 Å². The molecule has 2 N–H and O–H groups in total. The van der Waals surface area contributed by atoms with E-state index in [2.05, 4.69) is 4.98 Å². The Morgan fingerprint density at radius 3 is 3.12 bits per heavy atom. The summed E-state index contributed by atoms with van der Waals surface area (Å²) in [5.74, 6) is 0. The number of rotatable bonds is 1. The Morgan fingerprint density at radius 1 is 1.56 bits per heavy atom. The van der Waals surface area contributed by atoms with Gasteiger partial charge in [-0.1, -0.05) is 0 Å². The number of aliphatic hydroxyl groups is 2. The first kappa shape index (κ1) is 9.76. The van der Waals surface area contributed by atoms with Gasteiger partial charge in [-0.25, -0.2) is 0 Å². The number of aromatic nitrogens is 2. The van der Waals surface area contributed by atoms with Gasteiger partial charge in [0.2, 0.25) is 0 Å². The second-order valence-corrected chi connectivity index (χ2v) is 3.78. The van der Waals surface area contributed by atoms with Gasteiger partial charge in [-0.2, -0.15) is 4.98 Å². The molecule has 0 saturated carbocycles. The van der Waals surface area contributed by atoms with Gasteiger partial charge in [0, 0.05) is 12.3 Å². The van der Waals surface area contributed by atoms with E-state index < -0.39 is 30.1 Å². The van der Waals surface area contributed by atoms with E-state index in [1.165, 1.54) is 16.8 Å². The Hall–Kier alpha value is -1.44. The molecule has 1 aromatic rings. The molecular formula is C9H10N2O5. The zero-order valence-corrected chi connectivity index (χ0v) is 8.18. The molecule has 0 unspecified atom stereocenters. The van der Waals surface area contributed by atoms with Gasteiger partial charge in [-0.15, -0.1) is 0 Å². The first-order chi connectivity index (χ1) is 7.70. The fourth-order valence-electron chi connectivity index (χ4n) is 2.02.